The van der Waals surface area contributed by atoms with Crippen molar-refractivity contribution in [1.29, 1.82) is 0 Å². The van der Waals surface area contributed by atoms with Crippen LogP contribution in [0.25, 0.3) is 0 Å². The fraction of sp³-hybridized carbons (Fsp3) is 0.421. The molecule has 11 heteroatoms. The lowest BCUT2D eigenvalue weighted by Crippen LogP contribution is -2.39. The van der Waals surface area contributed by atoms with E-state index in [0.29, 0.717) is 12.0 Å². The van der Waals surface area contributed by atoms with Gasteiger partial charge in [-0.25, -0.2) is 4.79 Å². The summed E-state index contributed by atoms with van der Waals surface area (Å²) in [6, 6.07) is 26.4. The molecule has 0 saturated carbocycles. The van der Waals surface area contributed by atoms with Gasteiger partial charge in [-0.1, -0.05) is 54.6 Å². The van der Waals surface area contributed by atoms with Gasteiger partial charge in [-0.05, 0) is 82.2 Å². The number of nitrogens with one attached hydrogen (secondary N) is 1. The predicted octanol–water partition coefficient (Wildman–Crippen LogP) is 6.60. The first-order valence-electron chi connectivity index (χ1n) is 16.6. The molecule has 49 heavy (non-hydrogen) atoms. The number of H-pyrrole nitrogens is 1. The van der Waals surface area contributed by atoms with Crippen molar-refractivity contribution in [3.63, 3.8) is 0 Å². The van der Waals surface area contributed by atoms with Crippen LogP contribution in [-0.4, -0.2) is 66.0 Å². The van der Waals surface area contributed by atoms with Crippen LogP contribution in [0.15, 0.2) is 94.6 Å². The number of nitrogens with zero attached hydrogens (tertiary/aromatic N) is 2. The zero-order valence-electron chi connectivity index (χ0n) is 29.6. The van der Waals surface area contributed by atoms with Crippen LogP contribution in [0, 0.1) is 6.92 Å². The normalized spacial score (nSPS) is 18.7. The van der Waals surface area contributed by atoms with Crippen LogP contribution in [0.5, 0.6) is 11.5 Å². The van der Waals surface area contributed by atoms with E-state index in [1.54, 1.807) is 27.3 Å². The van der Waals surface area contributed by atoms with Crippen molar-refractivity contribution in [3.05, 3.63) is 128 Å². The molecule has 4 atom stereocenters. The maximum absolute atomic E-state index is 13.0. The monoisotopic (exact) mass is 689 g/mol. The van der Waals surface area contributed by atoms with Crippen LogP contribution in [0.2, 0.25) is 0 Å². The quantitative estimate of drug-likeness (QED) is 0.117. The van der Waals surface area contributed by atoms with E-state index >= 15 is 0 Å². The molecule has 1 aliphatic rings. The number of benzene rings is 3. The van der Waals surface area contributed by atoms with E-state index in [2.05, 4.69) is 56.1 Å². The van der Waals surface area contributed by atoms with E-state index in [-0.39, 0.29) is 18.7 Å². The number of hydrogen-bond acceptors (Lipinski definition) is 8. The Hall–Kier alpha value is -3.79. The summed E-state index contributed by atoms with van der Waals surface area (Å²) < 4.78 is 35.5. The van der Waals surface area contributed by atoms with Crippen LogP contribution in [-0.2, 0) is 19.6 Å². The Bertz CT molecular complexity index is 1720. The van der Waals surface area contributed by atoms with E-state index in [1.165, 1.54) is 4.57 Å². The molecule has 5 rings (SSSR count). The van der Waals surface area contributed by atoms with Crippen molar-refractivity contribution in [3.8, 4) is 11.5 Å². The molecule has 0 aliphatic carbocycles. The van der Waals surface area contributed by atoms with Crippen LogP contribution in [0.4, 0.5) is 0 Å². The highest BCUT2D eigenvalue weighted by molar-refractivity contribution is 7.49. The molecule has 0 spiro atoms. The minimum Gasteiger partial charge on any atom is -0.497 e. The van der Waals surface area contributed by atoms with Gasteiger partial charge in [-0.3, -0.25) is 19.0 Å². The number of rotatable bonds is 14. The molecule has 262 valence electrons. The van der Waals surface area contributed by atoms with E-state index in [0.717, 1.165) is 28.2 Å². The topological polar surface area (TPSA) is 104 Å². The van der Waals surface area contributed by atoms with E-state index in [4.69, 9.17) is 23.5 Å². The number of ether oxygens (including phenoxy) is 4. The van der Waals surface area contributed by atoms with Crippen molar-refractivity contribution in [1.82, 2.24) is 14.2 Å². The SMILES string of the molecule is COc1ccc(C(OC[C@H]2O[C@@H](n3cc(C)c(=O)[nH]c3=O)C[C@@H]2O[P@@](C)N(C(C)C)C(C)C)(c2ccccc2)c2ccc(OC)cc2)cc1. The molecule has 1 fully saturated rings. The highest BCUT2D eigenvalue weighted by atomic mass is 31.2. The Morgan fingerprint density at radius 1 is 0.878 bits per heavy atom. The number of methoxy groups -OCH3 is 2. The first kappa shape index (κ1) is 36.5. The van der Waals surface area contributed by atoms with Crippen LogP contribution in [0.3, 0.4) is 0 Å². The lowest BCUT2D eigenvalue weighted by molar-refractivity contribution is -0.0914. The molecule has 3 aromatic carbocycles. The average Bonchev–Trinajstić information content (AvgIpc) is 3.49. The molecule has 1 saturated heterocycles. The standard InChI is InChI=1S/C38H48N3O7P/c1-25(2)41(26(3)4)49(8)48-33-22-35(40-23-27(5)36(42)39-37(40)43)47-34(33)24-46-38(28-12-10-9-11-13-28,29-14-18-31(44-6)19-15-29)30-16-20-32(45-7)21-17-30/h9-21,23,25-26,33-35H,22,24H2,1-8H3,(H,39,42,43)/t33-,34+,35+,49-/m0/s1. The maximum Gasteiger partial charge on any atom is 0.330 e. The first-order chi connectivity index (χ1) is 23.5. The molecular formula is C38H48N3O7P. The van der Waals surface area contributed by atoms with Crippen molar-refractivity contribution < 1.29 is 23.5 Å². The minimum atomic E-state index is -1.06. The Morgan fingerprint density at radius 2 is 1.41 bits per heavy atom. The zero-order chi connectivity index (χ0) is 35.3. The van der Waals surface area contributed by atoms with Crippen molar-refractivity contribution in [2.75, 3.05) is 27.5 Å². The number of aromatic amines is 1. The van der Waals surface area contributed by atoms with E-state index in [1.807, 2.05) is 66.7 Å². The van der Waals surface area contributed by atoms with Gasteiger partial charge in [0.2, 0.25) is 0 Å². The summed E-state index contributed by atoms with van der Waals surface area (Å²) in [7, 11) is 2.26. The summed E-state index contributed by atoms with van der Waals surface area (Å²) in [5.41, 5.74) is 1.14. The van der Waals surface area contributed by atoms with E-state index < -0.39 is 43.6 Å². The largest absolute Gasteiger partial charge is 0.497 e. The summed E-state index contributed by atoms with van der Waals surface area (Å²) in [4.78, 5) is 27.6. The van der Waals surface area contributed by atoms with Gasteiger partial charge in [-0.15, -0.1) is 0 Å². The molecule has 10 nitrogen and oxygen atoms in total. The summed E-state index contributed by atoms with van der Waals surface area (Å²) in [6.45, 7) is 12.6. The third kappa shape index (κ3) is 7.84. The van der Waals surface area contributed by atoms with Gasteiger partial charge >= 0.3 is 5.69 Å². The minimum absolute atomic E-state index is 0.137. The summed E-state index contributed by atoms with van der Waals surface area (Å²) >= 11 is 0. The molecule has 4 aromatic rings. The van der Waals surface area contributed by atoms with E-state index in [9.17, 15) is 9.59 Å². The average molecular weight is 690 g/mol. The summed E-state index contributed by atoms with van der Waals surface area (Å²) in [6.07, 6.45) is 0.345. The fourth-order valence-electron chi connectivity index (χ4n) is 6.71. The van der Waals surface area contributed by atoms with Crippen molar-refractivity contribution in [2.24, 2.45) is 0 Å². The Labute approximate surface area is 289 Å². The van der Waals surface area contributed by atoms with Crippen molar-refractivity contribution in [2.45, 2.75) is 77.2 Å². The number of aromatic nitrogens is 2. The molecule has 1 N–H and O–H groups in total. The zero-order valence-corrected chi connectivity index (χ0v) is 30.5. The molecular weight excluding hydrogens is 641 g/mol. The molecule has 0 bridgehead atoms. The Balaban J connectivity index is 1.58. The van der Waals surface area contributed by atoms with Crippen molar-refractivity contribution >= 4 is 8.30 Å². The summed E-state index contributed by atoms with van der Waals surface area (Å²) in [5.74, 6) is 1.46. The smallest absolute Gasteiger partial charge is 0.330 e. The van der Waals surface area contributed by atoms with Crippen LogP contribution < -0.4 is 20.7 Å². The molecule has 0 amide bonds. The van der Waals surface area contributed by atoms with Gasteiger partial charge in [0.1, 0.15) is 37.7 Å². The van der Waals surface area contributed by atoms with Crippen LogP contribution in [0.1, 0.15) is 62.6 Å². The predicted molar refractivity (Wildman–Crippen MR) is 193 cm³/mol. The van der Waals surface area contributed by atoms with Gasteiger partial charge in [0.05, 0.1) is 26.9 Å². The molecule has 2 heterocycles. The second-order valence-electron chi connectivity index (χ2n) is 12.8. The fourth-order valence-corrected chi connectivity index (χ4v) is 8.73. The number of hydrogen-bond donors (Lipinski definition) is 1. The van der Waals surface area contributed by atoms with Gasteiger partial charge in [0.25, 0.3) is 5.56 Å². The van der Waals surface area contributed by atoms with Gasteiger partial charge in [0.15, 0.2) is 0 Å². The lowest BCUT2D eigenvalue weighted by Gasteiger charge is -2.39. The first-order valence-corrected chi connectivity index (χ1v) is 18.3. The molecule has 0 unspecified atom stereocenters. The molecule has 1 aromatic heterocycles. The summed E-state index contributed by atoms with van der Waals surface area (Å²) in [5, 5.41) is 0. The highest BCUT2D eigenvalue weighted by Gasteiger charge is 2.44. The van der Waals surface area contributed by atoms with Crippen LogP contribution >= 0.6 is 8.30 Å². The van der Waals surface area contributed by atoms with Gasteiger partial charge < -0.3 is 23.5 Å². The molecule has 0 radical (unpaired) electrons. The third-order valence-electron chi connectivity index (χ3n) is 8.95. The second kappa shape index (κ2) is 15.8. The second-order valence-corrected chi connectivity index (χ2v) is 14.4. The third-order valence-corrected chi connectivity index (χ3v) is 11.1. The maximum atomic E-state index is 13.0. The number of aryl methyl sites for hydroxylation is 1. The Kier molecular flexibility index (Phi) is 11.8. The Morgan fingerprint density at radius 3 is 1.92 bits per heavy atom. The van der Waals surface area contributed by atoms with Gasteiger partial charge in [-0.2, -0.15) is 0 Å². The highest BCUT2D eigenvalue weighted by Crippen LogP contribution is 2.47. The van der Waals surface area contributed by atoms with Gasteiger partial charge in [0, 0.05) is 30.3 Å². The molecule has 1 aliphatic heterocycles. The lowest BCUT2D eigenvalue weighted by atomic mass is 9.80.